The molecule has 0 aliphatic rings. The van der Waals surface area contributed by atoms with Gasteiger partial charge >= 0.3 is 5.97 Å². The van der Waals surface area contributed by atoms with Crippen LogP contribution in [0, 0.1) is 0 Å². The van der Waals surface area contributed by atoms with Gasteiger partial charge in [0.05, 0.1) is 13.5 Å². The van der Waals surface area contributed by atoms with E-state index in [4.69, 9.17) is 14.6 Å². The molecule has 1 N–H and O–H groups in total. The number of methoxy groups -OCH3 is 1. The Morgan fingerprint density at radius 1 is 1.19 bits per heavy atom. The highest BCUT2D eigenvalue weighted by molar-refractivity contribution is 9.10. The Kier molecular flexibility index (Phi) is 5.22. The maximum atomic E-state index is 10.9. The van der Waals surface area contributed by atoms with Crippen molar-refractivity contribution in [2.75, 3.05) is 7.11 Å². The van der Waals surface area contributed by atoms with Crippen LogP contribution in [0.2, 0.25) is 0 Å². The number of halogens is 1. The molecular weight excluding hydrogens is 336 g/mol. The Morgan fingerprint density at radius 2 is 1.95 bits per heavy atom. The van der Waals surface area contributed by atoms with Gasteiger partial charge < -0.3 is 14.6 Å². The topological polar surface area (TPSA) is 55.8 Å². The predicted molar refractivity (Wildman–Crippen MR) is 82.8 cm³/mol. The number of para-hydroxylation sites is 1. The molecule has 2 aromatic carbocycles. The third kappa shape index (κ3) is 4.23. The standard InChI is InChI=1S/C16H15BrO4/c1-20-13-6-7-14(17)12(8-13)10-21-15-5-3-2-4-11(15)9-16(18)19/h2-8H,9-10H2,1H3,(H,18,19). The van der Waals surface area contributed by atoms with E-state index < -0.39 is 5.97 Å². The molecule has 4 nitrogen and oxygen atoms in total. The lowest BCUT2D eigenvalue weighted by Crippen LogP contribution is -2.04. The van der Waals surface area contributed by atoms with Gasteiger partial charge in [0.1, 0.15) is 18.1 Å². The van der Waals surface area contributed by atoms with Crippen molar-refractivity contribution in [3.05, 3.63) is 58.1 Å². The van der Waals surface area contributed by atoms with E-state index in [2.05, 4.69) is 15.9 Å². The zero-order valence-electron chi connectivity index (χ0n) is 11.5. The van der Waals surface area contributed by atoms with Crippen molar-refractivity contribution >= 4 is 21.9 Å². The molecule has 0 saturated carbocycles. The molecule has 0 amide bonds. The minimum Gasteiger partial charge on any atom is -0.497 e. The first-order valence-corrected chi connectivity index (χ1v) is 7.14. The van der Waals surface area contributed by atoms with Crippen LogP contribution in [0.1, 0.15) is 11.1 Å². The normalized spacial score (nSPS) is 10.2. The Balaban J connectivity index is 2.15. The van der Waals surface area contributed by atoms with Crippen molar-refractivity contribution in [1.82, 2.24) is 0 Å². The van der Waals surface area contributed by atoms with Gasteiger partial charge in [-0.2, -0.15) is 0 Å². The molecule has 0 saturated heterocycles. The fourth-order valence-electron chi connectivity index (χ4n) is 1.90. The number of benzene rings is 2. The van der Waals surface area contributed by atoms with Crippen LogP contribution in [0.25, 0.3) is 0 Å². The summed E-state index contributed by atoms with van der Waals surface area (Å²) in [5, 5.41) is 8.91. The summed E-state index contributed by atoms with van der Waals surface area (Å²) in [5.74, 6) is 0.443. The van der Waals surface area contributed by atoms with Gasteiger partial charge in [0.2, 0.25) is 0 Å². The Labute approximate surface area is 131 Å². The lowest BCUT2D eigenvalue weighted by Gasteiger charge is -2.12. The van der Waals surface area contributed by atoms with Crippen molar-refractivity contribution < 1.29 is 19.4 Å². The predicted octanol–water partition coefficient (Wildman–Crippen LogP) is 3.66. The summed E-state index contributed by atoms with van der Waals surface area (Å²) in [6.45, 7) is 0.328. The van der Waals surface area contributed by atoms with Crippen molar-refractivity contribution in [2.24, 2.45) is 0 Å². The summed E-state index contributed by atoms with van der Waals surface area (Å²) in [5.41, 5.74) is 1.59. The first kappa shape index (κ1) is 15.4. The maximum absolute atomic E-state index is 10.9. The Morgan fingerprint density at radius 3 is 2.67 bits per heavy atom. The lowest BCUT2D eigenvalue weighted by molar-refractivity contribution is -0.136. The van der Waals surface area contributed by atoms with Crippen LogP contribution in [0.15, 0.2) is 46.9 Å². The van der Waals surface area contributed by atoms with E-state index in [9.17, 15) is 4.79 Å². The molecule has 0 radical (unpaired) electrons. The highest BCUT2D eigenvalue weighted by Gasteiger charge is 2.09. The van der Waals surface area contributed by atoms with E-state index in [1.54, 1.807) is 25.3 Å². The van der Waals surface area contributed by atoms with E-state index in [-0.39, 0.29) is 6.42 Å². The summed E-state index contributed by atoms with van der Waals surface area (Å²) in [4.78, 5) is 10.9. The van der Waals surface area contributed by atoms with E-state index in [0.29, 0.717) is 17.9 Å². The number of carbonyl (C=O) groups is 1. The molecule has 110 valence electrons. The quantitative estimate of drug-likeness (QED) is 0.863. The zero-order valence-corrected chi connectivity index (χ0v) is 13.1. The van der Waals surface area contributed by atoms with Gasteiger partial charge in [-0.15, -0.1) is 0 Å². The van der Waals surface area contributed by atoms with Crippen LogP contribution in [-0.2, 0) is 17.8 Å². The SMILES string of the molecule is COc1ccc(Br)c(COc2ccccc2CC(=O)O)c1. The van der Waals surface area contributed by atoms with Gasteiger partial charge in [-0.25, -0.2) is 0 Å². The molecule has 0 unspecified atom stereocenters. The molecule has 5 heteroatoms. The second kappa shape index (κ2) is 7.13. The van der Waals surface area contributed by atoms with Crippen LogP contribution in [0.3, 0.4) is 0 Å². The van der Waals surface area contributed by atoms with Gasteiger partial charge in [0.15, 0.2) is 0 Å². The lowest BCUT2D eigenvalue weighted by atomic mass is 10.1. The summed E-state index contributed by atoms with van der Waals surface area (Å²) in [7, 11) is 1.61. The van der Waals surface area contributed by atoms with Crippen LogP contribution in [0.4, 0.5) is 0 Å². The molecule has 21 heavy (non-hydrogen) atoms. The number of carboxylic acids is 1. The molecule has 0 atom stereocenters. The van der Waals surface area contributed by atoms with E-state index in [1.165, 1.54) is 0 Å². The average molecular weight is 351 g/mol. The Bertz CT molecular complexity index is 640. The molecule has 2 aromatic rings. The molecule has 0 aliphatic carbocycles. The van der Waals surface area contributed by atoms with E-state index >= 15 is 0 Å². The zero-order chi connectivity index (χ0) is 15.2. The van der Waals surface area contributed by atoms with Crippen molar-refractivity contribution in [3.63, 3.8) is 0 Å². The van der Waals surface area contributed by atoms with Gasteiger partial charge in [-0.05, 0) is 24.3 Å². The molecule has 2 rings (SSSR count). The van der Waals surface area contributed by atoms with Gasteiger partial charge in [-0.3, -0.25) is 4.79 Å². The molecule has 0 aliphatic heterocycles. The summed E-state index contributed by atoms with van der Waals surface area (Å²) < 4.78 is 11.9. The van der Waals surface area contributed by atoms with E-state index in [1.807, 2.05) is 24.3 Å². The van der Waals surface area contributed by atoms with Gasteiger partial charge in [0.25, 0.3) is 0 Å². The van der Waals surface area contributed by atoms with Gasteiger partial charge in [0, 0.05) is 15.6 Å². The number of rotatable bonds is 6. The average Bonchev–Trinajstić information content (AvgIpc) is 2.47. The van der Waals surface area contributed by atoms with Gasteiger partial charge in [-0.1, -0.05) is 34.1 Å². The molecule has 0 bridgehead atoms. The van der Waals surface area contributed by atoms with Crippen LogP contribution >= 0.6 is 15.9 Å². The molecule has 0 aromatic heterocycles. The third-order valence-electron chi connectivity index (χ3n) is 2.95. The first-order valence-electron chi connectivity index (χ1n) is 6.35. The van der Waals surface area contributed by atoms with Crippen molar-refractivity contribution in [2.45, 2.75) is 13.0 Å². The smallest absolute Gasteiger partial charge is 0.307 e. The molecule has 0 heterocycles. The summed E-state index contributed by atoms with van der Waals surface area (Å²) >= 11 is 3.46. The summed E-state index contributed by atoms with van der Waals surface area (Å²) in [6, 6.07) is 12.8. The van der Waals surface area contributed by atoms with Crippen molar-refractivity contribution in [1.29, 1.82) is 0 Å². The fourth-order valence-corrected chi connectivity index (χ4v) is 2.26. The second-order valence-electron chi connectivity index (χ2n) is 4.42. The monoisotopic (exact) mass is 350 g/mol. The highest BCUT2D eigenvalue weighted by atomic mass is 79.9. The number of hydrogen-bond donors (Lipinski definition) is 1. The van der Waals surface area contributed by atoms with Crippen molar-refractivity contribution in [3.8, 4) is 11.5 Å². The van der Waals surface area contributed by atoms with Crippen LogP contribution in [0.5, 0.6) is 11.5 Å². The number of aliphatic carboxylic acids is 1. The highest BCUT2D eigenvalue weighted by Crippen LogP contribution is 2.25. The van der Waals surface area contributed by atoms with E-state index in [0.717, 1.165) is 15.8 Å². The third-order valence-corrected chi connectivity index (χ3v) is 3.72. The summed E-state index contributed by atoms with van der Waals surface area (Å²) in [6.07, 6.45) is -0.0601. The number of carboxylic acid groups (broad SMARTS) is 1. The first-order chi connectivity index (χ1) is 10.1. The Hall–Kier alpha value is -2.01. The minimum absolute atomic E-state index is 0.0601. The number of hydrogen-bond acceptors (Lipinski definition) is 3. The fraction of sp³-hybridized carbons (Fsp3) is 0.188. The minimum atomic E-state index is -0.881. The number of ether oxygens (including phenoxy) is 2. The van der Waals surface area contributed by atoms with Crippen LogP contribution in [-0.4, -0.2) is 18.2 Å². The molecule has 0 spiro atoms. The second-order valence-corrected chi connectivity index (χ2v) is 5.28. The largest absolute Gasteiger partial charge is 0.497 e. The maximum Gasteiger partial charge on any atom is 0.307 e. The van der Waals surface area contributed by atoms with Crippen LogP contribution < -0.4 is 9.47 Å². The molecule has 0 fully saturated rings. The molecular formula is C16H15BrO4.